The third kappa shape index (κ3) is 5.89. The number of rotatable bonds is 11. The predicted octanol–water partition coefficient (Wildman–Crippen LogP) is 3.11. The molecule has 0 bridgehead atoms. The van der Waals surface area contributed by atoms with Crippen LogP contribution in [0.3, 0.4) is 0 Å². The first kappa shape index (κ1) is 23.8. The van der Waals surface area contributed by atoms with Crippen molar-refractivity contribution in [2.45, 2.75) is 19.6 Å². The molecule has 32 heavy (non-hydrogen) atoms. The lowest BCUT2D eigenvalue weighted by Gasteiger charge is -2.23. The molecule has 0 atom stereocenters. The molecule has 0 spiro atoms. The van der Waals surface area contributed by atoms with Gasteiger partial charge in [-0.25, -0.2) is 13.4 Å². The van der Waals surface area contributed by atoms with Crippen molar-refractivity contribution in [2.75, 3.05) is 23.8 Å². The molecule has 0 fully saturated rings. The van der Waals surface area contributed by atoms with E-state index in [1.165, 1.54) is 13.3 Å². The Morgan fingerprint density at radius 3 is 2.62 bits per heavy atom. The van der Waals surface area contributed by atoms with Gasteiger partial charge in [-0.3, -0.25) is 9.29 Å². The van der Waals surface area contributed by atoms with Gasteiger partial charge in [0.25, 0.3) is 11.8 Å². The van der Waals surface area contributed by atoms with Gasteiger partial charge >= 0.3 is 13.0 Å². The molecule has 16 heteroatoms. The highest BCUT2D eigenvalue weighted by Gasteiger charge is 2.26. The molecule has 0 aliphatic heterocycles. The number of pyridine rings is 1. The molecule has 3 aromatic rings. The summed E-state index contributed by atoms with van der Waals surface area (Å²) in [7, 11) is -2.68. The fourth-order valence-corrected chi connectivity index (χ4v) is 4.64. The van der Waals surface area contributed by atoms with E-state index in [1.54, 1.807) is 0 Å². The van der Waals surface area contributed by atoms with Gasteiger partial charge in [-0.15, -0.1) is 21.5 Å². The van der Waals surface area contributed by atoms with Gasteiger partial charge < -0.3 is 13.9 Å². The van der Waals surface area contributed by atoms with Gasteiger partial charge in [0, 0.05) is 13.2 Å². The lowest BCUT2D eigenvalue weighted by molar-refractivity contribution is -0.0500. The van der Waals surface area contributed by atoms with Crippen molar-refractivity contribution in [1.29, 1.82) is 0 Å². The van der Waals surface area contributed by atoms with Crippen molar-refractivity contribution in [2.24, 2.45) is 0 Å². The Hall–Kier alpha value is -2.85. The van der Waals surface area contributed by atoms with Crippen LogP contribution in [0.4, 0.5) is 23.2 Å². The fraction of sp³-hybridized carbons (Fsp3) is 0.375. The maximum Gasteiger partial charge on any atom is 0.387 e. The number of nitrogens with zero attached hydrogens (tertiary/aromatic N) is 5. The SMILES string of the molecule is COCCS(=O)(=O)N(Cc1ncc(-c2nnc(C(F)F)o2)s1)c1cncc(OC(F)F)c1. The minimum absolute atomic E-state index is 0.0474. The molecule has 3 aromatic heterocycles. The standard InChI is InChI=1S/C16H15F4N5O5S2/c1-28-2-3-32(26,27)25(9-4-10(6-21-5-9)29-16(19)20)8-12-22-7-11(31-12)14-23-24-15(30-14)13(17)18/h4-7,13,16H,2-3,8H2,1H3. The van der Waals surface area contributed by atoms with Gasteiger partial charge in [-0.1, -0.05) is 0 Å². The van der Waals surface area contributed by atoms with Crippen LogP contribution in [0, 0.1) is 0 Å². The van der Waals surface area contributed by atoms with Gasteiger partial charge in [0.15, 0.2) is 0 Å². The first-order valence-corrected chi connectivity index (χ1v) is 11.1. The number of ether oxygens (including phenoxy) is 2. The third-order valence-electron chi connectivity index (χ3n) is 3.76. The van der Waals surface area contributed by atoms with Crippen molar-refractivity contribution in [3.8, 4) is 16.5 Å². The van der Waals surface area contributed by atoms with E-state index in [0.29, 0.717) is 0 Å². The molecular weight excluding hydrogens is 482 g/mol. The van der Waals surface area contributed by atoms with E-state index in [0.717, 1.165) is 34.1 Å². The van der Waals surface area contributed by atoms with Crippen LogP contribution < -0.4 is 9.04 Å². The van der Waals surface area contributed by atoms with Crippen molar-refractivity contribution in [1.82, 2.24) is 20.2 Å². The molecule has 0 saturated carbocycles. The summed E-state index contributed by atoms with van der Waals surface area (Å²) in [6.07, 6.45) is 0.481. The number of alkyl halides is 4. The zero-order chi connectivity index (χ0) is 23.3. The Labute approximate surface area is 182 Å². The number of anilines is 1. The summed E-state index contributed by atoms with van der Waals surface area (Å²) >= 11 is 0.928. The number of methoxy groups -OCH3 is 1. The second kappa shape index (κ2) is 10.2. The van der Waals surface area contributed by atoms with Crippen molar-refractivity contribution >= 4 is 27.0 Å². The van der Waals surface area contributed by atoms with E-state index < -0.39 is 34.7 Å². The van der Waals surface area contributed by atoms with E-state index in [4.69, 9.17) is 9.15 Å². The zero-order valence-corrected chi connectivity index (χ0v) is 17.8. The van der Waals surface area contributed by atoms with Gasteiger partial charge in [0.2, 0.25) is 10.0 Å². The van der Waals surface area contributed by atoms with E-state index in [2.05, 4.69) is 24.9 Å². The van der Waals surface area contributed by atoms with Crippen LogP contribution in [0.2, 0.25) is 0 Å². The molecule has 0 aliphatic rings. The summed E-state index contributed by atoms with van der Waals surface area (Å²) in [5.74, 6) is -1.81. The predicted molar refractivity (Wildman–Crippen MR) is 103 cm³/mol. The van der Waals surface area contributed by atoms with Gasteiger partial charge in [-0.05, 0) is 0 Å². The molecule has 0 unspecified atom stereocenters. The van der Waals surface area contributed by atoms with Crippen LogP contribution in [0.25, 0.3) is 10.8 Å². The molecule has 10 nitrogen and oxygen atoms in total. The number of thiazole rings is 1. The molecule has 0 aliphatic carbocycles. The number of hydrogen-bond acceptors (Lipinski definition) is 10. The second-order valence-electron chi connectivity index (χ2n) is 5.94. The average Bonchev–Trinajstić information content (AvgIpc) is 3.39. The smallest absolute Gasteiger partial charge is 0.387 e. The van der Waals surface area contributed by atoms with Crippen molar-refractivity contribution < 1.29 is 39.9 Å². The molecule has 0 aromatic carbocycles. The number of hydrogen-bond donors (Lipinski definition) is 0. The average molecular weight is 497 g/mol. The Kier molecular flexibility index (Phi) is 7.57. The Bertz CT molecular complexity index is 1140. The molecule has 0 radical (unpaired) electrons. The molecule has 0 saturated heterocycles. The van der Waals surface area contributed by atoms with Crippen LogP contribution in [-0.2, 0) is 21.3 Å². The number of sulfonamides is 1. The molecule has 3 heterocycles. The maximum atomic E-state index is 12.9. The summed E-state index contributed by atoms with van der Waals surface area (Å²) in [6.45, 7) is -3.56. The zero-order valence-electron chi connectivity index (χ0n) is 16.2. The number of aromatic nitrogens is 4. The summed E-state index contributed by atoms with van der Waals surface area (Å²) < 4.78 is 91.0. The minimum atomic E-state index is -4.00. The van der Waals surface area contributed by atoms with Gasteiger partial charge in [-0.2, -0.15) is 17.6 Å². The lowest BCUT2D eigenvalue weighted by atomic mass is 10.4. The van der Waals surface area contributed by atoms with Crippen molar-refractivity contribution in [3.05, 3.63) is 35.6 Å². The maximum absolute atomic E-state index is 12.9. The van der Waals surface area contributed by atoms with E-state index >= 15 is 0 Å². The largest absolute Gasteiger partial charge is 0.433 e. The van der Waals surface area contributed by atoms with Crippen molar-refractivity contribution in [3.63, 3.8) is 0 Å². The van der Waals surface area contributed by atoms with E-state index in [1.807, 2.05) is 0 Å². The second-order valence-corrected chi connectivity index (χ2v) is 9.07. The van der Waals surface area contributed by atoms with Crippen LogP contribution in [0.15, 0.2) is 29.1 Å². The molecule has 0 amide bonds. The summed E-state index contributed by atoms with van der Waals surface area (Å²) in [6, 6.07) is 1.09. The Morgan fingerprint density at radius 2 is 1.97 bits per heavy atom. The first-order chi connectivity index (χ1) is 15.2. The quantitative estimate of drug-likeness (QED) is 0.368. The summed E-state index contributed by atoms with van der Waals surface area (Å²) in [4.78, 5) is 8.06. The van der Waals surface area contributed by atoms with Gasteiger partial charge in [0.05, 0.1) is 43.2 Å². The lowest BCUT2D eigenvalue weighted by Crippen LogP contribution is -2.34. The Balaban J connectivity index is 1.90. The molecular formula is C16H15F4N5O5S2. The Morgan fingerprint density at radius 1 is 1.19 bits per heavy atom. The topological polar surface area (TPSA) is 121 Å². The fourth-order valence-electron chi connectivity index (χ4n) is 2.39. The van der Waals surface area contributed by atoms with Gasteiger partial charge in [0.1, 0.15) is 15.6 Å². The highest BCUT2D eigenvalue weighted by molar-refractivity contribution is 7.92. The summed E-state index contributed by atoms with van der Waals surface area (Å²) in [5.41, 5.74) is -0.0474. The van der Waals surface area contributed by atoms with E-state index in [-0.39, 0.29) is 40.4 Å². The molecule has 174 valence electrons. The highest BCUT2D eigenvalue weighted by atomic mass is 32.2. The highest BCUT2D eigenvalue weighted by Crippen LogP contribution is 2.30. The van der Waals surface area contributed by atoms with Crippen LogP contribution in [-0.4, -0.2) is 54.7 Å². The first-order valence-electron chi connectivity index (χ1n) is 8.65. The van der Waals surface area contributed by atoms with Crippen LogP contribution in [0.1, 0.15) is 17.3 Å². The minimum Gasteiger partial charge on any atom is -0.433 e. The van der Waals surface area contributed by atoms with Crippen LogP contribution in [0.5, 0.6) is 5.75 Å². The number of halogens is 4. The van der Waals surface area contributed by atoms with Crippen LogP contribution >= 0.6 is 11.3 Å². The molecule has 0 N–H and O–H groups in total. The van der Waals surface area contributed by atoms with E-state index in [9.17, 15) is 26.0 Å². The monoisotopic (exact) mass is 497 g/mol. The molecule has 3 rings (SSSR count). The normalized spacial score (nSPS) is 12.0. The summed E-state index contributed by atoms with van der Waals surface area (Å²) in [5, 5.41) is 6.97. The third-order valence-corrected chi connectivity index (χ3v) is 6.43.